The van der Waals surface area contributed by atoms with Crippen LogP contribution in [-0.4, -0.2) is 73.7 Å². The number of nitrogens with one attached hydrogen (secondary N) is 2. The van der Waals surface area contributed by atoms with Crippen molar-refractivity contribution < 1.29 is 28.8 Å². The summed E-state index contributed by atoms with van der Waals surface area (Å²) in [7, 11) is 4.73. The van der Waals surface area contributed by atoms with E-state index in [1.54, 1.807) is 35.2 Å². The van der Waals surface area contributed by atoms with Gasteiger partial charge >= 0.3 is 5.97 Å². The van der Waals surface area contributed by atoms with Crippen LogP contribution in [0.15, 0.2) is 18.2 Å². The van der Waals surface area contributed by atoms with E-state index in [0.717, 1.165) is 37.3 Å². The number of aryl methyl sites for hydroxylation is 1. The second kappa shape index (κ2) is 13.5. The quantitative estimate of drug-likeness (QED) is 0.270. The second-order valence-corrected chi connectivity index (χ2v) is 10.2. The van der Waals surface area contributed by atoms with Crippen molar-refractivity contribution in [1.82, 2.24) is 15.0 Å². The van der Waals surface area contributed by atoms with Gasteiger partial charge in [0.1, 0.15) is 16.5 Å². The van der Waals surface area contributed by atoms with Crippen molar-refractivity contribution >= 4 is 40.0 Å². The number of benzene rings is 1. The van der Waals surface area contributed by atoms with Crippen molar-refractivity contribution in [2.45, 2.75) is 33.2 Å². The van der Waals surface area contributed by atoms with Crippen molar-refractivity contribution in [2.75, 3.05) is 63.2 Å². The molecule has 1 aliphatic heterocycles. The molecular weight excluding hydrogens is 536 g/mol. The number of hydrogen-bond acceptors (Lipinski definition) is 13. The fourth-order valence-electron chi connectivity index (χ4n) is 4.45. The molecule has 1 aromatic carbocycles. The Morgan fingerprint density at radius 1 is 1.07 bits per heavy atom. The lowest BCUT2D eigenvalue weighted by Crippen LogP contribution is -2.35. The van der Waals surface area contributed by atoms with Crippen LogP contribution in [0.4, 0.5) is 22.7 Å². The molecule has 0 saturated carbocycles. The highest BCUT2D eigenvalue weighted by Gasteiger charge is 2.22. The Balaban J connectivity index is 1.60. The summed E-state index contributed by atoms with van der Waals surface area (Å²) >= 11 is 1.20. The Hall–Kier alpha value is -3.84. The molecule has 4 rings (SSSR count). The Morgan fingerprint density at radius 3 is 2.38 bits per heavy atom. The number of methoxy groups -OCH3 is 3. The zero-order chi connectivity index (χ0) is 28.6. The van der Waals surface area contributed by atoms with Crippen molar-refractivity contribution in [3.8, 4) is 17.2 Å². The van der Waals surface area contributed by atoms with E-state index in [0.29, 0.717) is 57.2 Å². The van der Waals surface area contributed by atoms with Gasteiger partial charge in [-0.15, -0.1) is 0 Å². The van der Waals surface area contributed by atoms with E-state index in [1.165, 1.54) is 11.3 Å². The number of carbonyl (C=O) groups is 1. The van der Waals surface area contributed by atoms with Crippen molar-refractivity contribution in [1.29, 1.82) is 0 Å². The summed E-state index contributed by atoms with van der Waals surface area (Å²) in [5, 5.41) is 16.6. The van der Waals surface area contributed by atoms with E-state index >= 15 is 0 Å². The summed E-state index contributed by atoms with van der Waals surface area (Å²) in [4.78, 5) is 28.8. The lowest BCUT2D eigenvalue weighted by molar-refractivity contribution is 0.0531. The van der Waals surface area contributed by atoms with Crippen LogP contribution in [0.2, 0.25) is 0 Å². The molecule has 0 amide bonds. The van der Waals surface area contributed by atoms with Gasteiger partial charge in [0, 0.05) is 32.3 Å². The fraction of sp³-hybridized carbons (Fsp3) is 0.481. The number of anilines is 4. The Morgan fingerprint density at radius 2 is 1.77 bits per heavy atom. The number of esters is 1. The lowest BCUT2D eigenvalue weighted by Gasteiger charge is -2.32. The van der Waals surface area contributed by atoms with Crippen LogP contribution in [0.5, 0.6) is 17.2 Å². The molecule has 13 heteroatoms. The first-order valence-corrected chi connectivity index (χ1v) is 13.9. The van der Waals surface area contributed by atoms with Gasteiger partial charge in [-0.05, 0) is 50.3 Å². The first-order chi connectivity index (χ1) is 19.4. The molecule has 0 spiro atoms. The van der Waals surface area contributed by atoms with Crippen LogP contribution in [-0.2, 0) is 11.3 Å². The summed E-state index contributed by atoms with van der Waals surface area (Å²) in [6.07, 6.45) is 1.76. The van der Waals surface area contributed by atoms with Gasteiger partial charge in [-0.2, -0.15) is 9.97 Å². The smallest absolute Gasteiger partial charge is 0.350 e. The van der Waals surface area contributed by atoms with E-state index in [-0.39, 0.29) is 13.2 Å². The van der Waals surface area contributed by atoms with Gasteiger partial charge in [-0.25, -0.2) is 9.78 Å². The first-order valence-electron chi connectivity index (χ1n) is 13.1. The fourth-order valence-corrected chi connectivity index (χ4v) is 5.30. The summed E-state index contributed by atoms with van der Waals surface area (Å²) in [6.45, 7) is 6.00. The van der Waals surface area contributed by atoms with Crippen molar-refractivity contribution in [2.24, 2.45) is 5.92 Å². The minimum Gasteiger partial charge on any atom is -0.493 e. The Bertz CT molecular complexity index is 1290. The largest absolute Gasteiger partial charge is 0.493 e. The number of aliphatic hydroxyl groups excluding tert-OH is 1. The van der Waals surface area contributed by atoms with Gasteiger partial charge in [0.2, 0.25) is 11.7 Å². The van der Waals surface area contributed by atoms with Crippen LogP contribution in [0, 0.1) is 12.8 Å². The average molecular weight is 573 g/mol. The minimum atomic E-state index is -0.403. The van der Waals surface area contributed by atoms with Gasteiger partial charge < -0.3 is 34.3 Å². The van der Waals surface area contributed by atoms with Gasteiger partial charge in [-0.3, -0.25) is 5.32 Å². The maximum absolute atomic E-state index is 12.3. The highest BCUT2D eigenvalue weighted by molar-refractivity contribution is 7.17. The molecule has 12 nitrogen and oxygen atoms in total. The van der Waals surface area contributed by atoms with E-state index in [2.05, 4.69) is 25.5 Å². The standard InChI is InChI=1S/C27H36N6O6S/c1-6-39-25(35)24-16(2)29-27(40-24)32-26-30-21(13-22(31-26)33-9-7-17(15-34)8-10-33)28-14-18-11-19(36-3)23(38-5)20(12-18)37-4/h11-13,17,34H,6-10,14-15H2,1-5H3,(H2,28,29,30,31,32). The van der Waals surface area contributed by atoms with E-state index < -0.39 is 5.97 Å². The molecule has 216 valence electrons. The number of aliphatic hydroxyl groups is 1. The molecule has 1 saturated heterocycles. The molecule has 40 heavy (non-hydrogen) atoms. The summed E-state index contributed by atoms with van der Waals surface area (Å²) in [6, 6.07) is 5.66. The molecular formula is C27H36N6O6S. The average Bonchev–Trinajstić information content (AvgIpc) is 3.34. The topological polar surface area (TPSA) is 140 Å². The van der Waals surface area contributed by atoms with Crippen LogP contribution >= 0.6 is 11.3 Å². The summed E-state index contributed by atoms with van der Waals surface area (Å²) in [5.41, 5.74) is 1.48. The third-order valence-corrected chi connectivity index (χ3v) is 7.64. The number of carbonyl (C=O) groups excluding carboxylic acids is 1. The number of ether oxygens (including phenoxy) is 4. The van der Waals surface area contributed by atoms with E-state index in [1.807, 2.05) is 18.2 Å². The van der Waals surface area contributed by atoms with Crippen LogP contribution in [0.1, 0.15) is 40.7 Å². The second-order valence-electron chi connectivity index (χ2n) is 9.21. The predicted octanol–water partition coefficient (Wildman–Crippen LogP) is 4.01. The minimum absolute atomic E-state index is 0.193. The molecule has 3 heterocycles. The zero-order valence-corrected chi connectivity index (χ0v) is 24.3. The number of rotatable bonds is 12. The number of nitrogens with zero attached hydrogens (tertiary/aromatic N) is 4. The maximum atomic E-state index is 12.3. The maximum Gasteiger partial charge on any atom is 0.350 e. The molecule has 0 radical (unpaired) electrons. The third-order valence-electron chi connectivity index (χ3n) is 6.58. The first kappa shape index (κ1) is 29.2. The highest BCUT2D eigenvalue weighted by Crippen LogP contribution is 2.38. The Kier molecular flexibility index (Phi) is 9.83. The van der Waals surface area contributed by atoms with Crippen LogP contribution < -0.4 is 29.7 Å². The van der Waals surface area contributed by atoms with Gasteiger partial charge in [0.25, 0.3) is 0 Å². The van der Waals surface area contributed by atoms with Crippen LogP contribution in [0.25, 0.3) is 0 Å². The molecule has 2 aromatic heterocycles. The monoisotopic (exact) mass is 572 g/mol. The van der Waals surface area contributed by atoms with E-state index in [9.17, 15) is 9.90 Å². The molecule has 0 aliphatic carbocycles. The number of aromatic nitrogens is 3. The SMILES string of the molecule is CCOC(=O)c1sc(Nc2nc(NCc3cc(OC)c(OC)c(OC)c3)cc(N3CCC(CO)CC3)n2)nc1C. The van der Waals surface area contributed by atoms with E-state index in [4.69, 9.17) is 23.9 Å². The molecule has 1 fully saturated rings. The van der Waals surface area contributed by atoms with Crippen LogP contribution in [0.3, 0.4) is 0 Å². The highest BCUT2D eigenvalue weighted by atomic mass is 32.1. The van der Waals surface area contributed by atoms with Crippen molar-refractivity contribution in [3.05, 3.63) is 34.3 Å². The zero-order valence-electron chi connectivity index (χ0n) is 23.4. The molecule has 3 aromatic rings. The normalized spacial score (nSPS) is 13.6. The predicted molar refractivity (Wildman–Crippen MR) is 154 cm³/mol. The molecule has 0 atom stereocenters. The summed E-state index contributed by atoms with van der Waals surface area (Å²) in [5.74, 6) is 3.24. The number of piperidine rings is 1. The van der Waals surface area contributed by atoms with Gasteiger partial charge in [0.15, 0.2) is 16.6 Å². The van der Waals surface area contributed by atoms with Gasteiger partial charge in [-0.1, -0.05) is 11.3 Å². The van der Waals surface area contributed by atoms with Crippen molar-refractivity contribution in [3.63, 3.8) is 0 Å². The third kappa shape index (κ3) is 6.83. The molecule has 1 aliphatic rings. The number of hydrogen-bond donors (Lipinski definition) is 3. The van der Waals surface area contributed by atoms with Gasteiger partial charge in [0.05, 0.1) is 33.6 Å². The number of thiazole rings is 1. The lowest BCUT2D eigenvalue weighted by atomic mass is 9.98. The Labute approximate surface area is 237 Å². The molecule has 0 bridgehead atoms. The molecule has 0 unspecified atom stereocenters. The summed E-state index contributed by atoms with van der Waals surface area (Å²) < 4.78 is 21.5. The molecule has 3 N–H and O–H groups in total.